The van der Waals surface area contributed by atoms with Crippen molar-refractivity contribution in [3.05, 3.63) is 0 Å². The van der Waals surface area contributed by atoms with Crippen LogP contribution in [0.2, 0.25) is 1.41 Å². The molecule has 0 bridgehead atoms. The molecule has 0 aliphatic rings. The molecule has 0 amide bonds. The molecule has 0 radical (unpaired) electrons. The molecule has 0 aromatic carbocycles. The van der Waals surface area contributed by atoms with Gasteiger partial charge in [0.2, 0.25) is 0 Å². The minimum absolute atomic E-state index is 0.764. The molecule has 0 spiro atoms. The van der Waals surface area contributed by atoms with E-state index in [9.17, 15) is 4.79 Å². The Bertz CT molecular complexity index is 75.3. The summed E-state index contributed by atoms with van der Waals surface area (Å²) in [5.74, 6) is -1.00. The van der Waals surface area contributed by atoms with Crippen LogP contribution in [0, 0.1) is 0 Å². The Morgan fingerprint density at radius 2 is 2.83 bits per heavy atom. The number of carboxylic acids is 1. The van der Waals surface area contributed by atoms with Crippen molar-refractivity contribution in [2.24, 2.45) is 5.73 Å². The molecule has 0 saturated carbocycles. The summed E-state index contributed by atoms with van der Waals surface area (Å²) in [4.78, 5) is 9.75. The summed E-state index contributed by atoms with van der Waals surface area (Å²) in [5, 5.41) is 8.00. The third kappa shape index (κ3) is 1.72. The van der Waals surface area contributed by atoms with Gasteiger partial charge in [0.05, 0.1) is 0 Å². The van der Waals surface area contributed by atoms with Crippen LogP contribution >= 0.6 is 0 Å². The fourth-order valence-corrected chi connectivity index (χ4v) is 0. The molecular weight excluding hydrogens is 82.0 g/mol. The zero-order valence-electron chi connectivity index (χ0n) is 4.43. The molecule has 3 nitrogen and oxygen atoms in total. The molecule has 0 unspecified atom stereocenters. The first kappa shape index (κ1) is 3.61. The largest absolute Gasteiger partial charge is 0.480 e. The normalized spacial score (nSPS) is 15.8. The highest BCUT2D eigenvalue weighted by atomic mass is 16.4. The van der Waals surface area contributed by atoms with E-state index in [1.54, 1.807) is 0 Å². The summed E-state index contributed by atoms with van der Waals surface area (Å²) >= 11 is 0. The quantitative estimate of drug-likeness (QED) is 0.477. The van der Waals surface area contributed by atoms with Crippen LogP contribution in [0.25, 0.3) is 0 Å². The molecule has 0 aliphatic heterocycles. The van der Waals surface area contributed by atoms with Gasteiger partial charge in [0.15, 0.2) is 0 Å². The van der Waals surface area contributed by atoms with Gasteiger partial charge < -0.3 is 10.8 Å². The van der Waals surface area contributed by atoms with Crippen molar-refractivity contribution in [2.75, 3.05) is 0 Å². The van der Waals surface area contributed by atoms with Gasteiger partial charge in [-0.25, -0.2) is 0 Å². The average Bonchev–Trinajstić information content (AvgIpc) is 1.65. The maximum Gasteiger partial charge on any atom is 0.320 e. The third-order valence-electron chi connectivity index (χ3n) is 0.370. The van der Waals surface area contributed by atoms with Crippen molar-refractivity contribution in [1.82, 2.24) is 0 Å². The van der Waals surface area contributed by atoms with E-state index >= 15 is 0 Å². The van der Waals surface area contributed by atoms with E-state index in [0.29, 0.717) is 0 Å². The molecular formula is C3H7NO2. The monoisotopic (exact) mass is 91.1 g/mol. The summed E-state index contributed by atoms with van der Waals surface area (Å²) in [5.41, 5.74) is 1.81. The number of carboxylic acid groups (broad SMARTS) is 1. The van der Waals surface area contributed by atoms with Crippen LogP contribution in [0.5, 0.6) is 0 Å². The van der Waals surface area contributed by atoms with Crippen LogP contribution in [0.15, 0.2) is 0 Å². The summed E-state index contributed by atoms with van der Waals surface area (Å²) < 4.78 is 6.31. The van der Waals surface area contributed by atoms with Crippen molar-refractivity contribution in [1.29, 1.82) is 0 Å². The Kier molecular flexibility index (Phi) is 1.06. The van der Waals surface area contributed by atoms with Gasteiger partial charge >= 0.3 is 5.97 Å². The van der Waals surface area contributed by atoms with Gasteiger partial charge in [0.1, 0.15) is 7.45 Å². The van der Waals surface area contributed by atoms with Crippen molar-refractivity contribution in [3.63, 3.8) is 0 Å². The van der Waals surface area contributed by atoms with Gasteiger partial charge in [-0.05, 0) is 6.92 Å². The second-order valence-corrected chi connectivity index (χ2v) is 1.06. The van der Waals surface area contributed by atoms with Gasteiger partial charge in [-0.2, -0.15) is 0 Å². The number of hydrogen-bond donors (Lipinski definition) is 2. The minimum atomic E-state index is -1.00. The van der Waals surface area contributed by atoms with E-state index in [2.05, 4.69) is 0 Å². The van der Waals surface area contributed by atoms with Crippen LogP contribution in [0.1, 0.15) is 6.92 Å². The molecule has 0 rings (SSSR count). The lowest BCUT2D eigenvalue weighted by Crippen LogP contribution is -2.25. The first-order valence-electron chi connectivity index (χ1n) is 2.08. The molecule has 0 heterocycles. The summed E-state index contributed by atoms with van der Waals surface area (Å²) in [7, 11) is 0. The third-order valence-corrected chi connectivity index (χ3v) is 0.370. The van der Waals surface area contributed by atoms with Crippen LogP contribution in [0.3, 0.4) is 0 Å². The average molecular weight is 91.1 g/mol. The smallest absolute Gasteiger partial charge is 0.320 e. The molecule has 36 valence electrons. The Morgan fingerprint density at radius 3 is 2.83 bits per heavy atom. The predicted octanol–water partition coefficient (Wildman–Crippen LogP) is -0.582. The molecule has 0 saturated heterocycles. The van der Waals surface area contributed by atoms with E-state index in [4.69, 9.17) is 6.52 Å². The van der Waals surface area contributed by atoms with Crippen molar-refractivity contribution in [3.8, 4) is 0 Å². The highest BCUT2D eigenvalue weighted by Gasteiger charge is 1.99. The molecule has 1 atom stereocenters. The van der Waals surface area contributed by atoms with Crippen molar-refractivity contribution in [2.45, 2.75) is 13.0 Å². The highest BCUT2D eigenvalue weighted by Crippen LogP contribution is 1.68. The molecule has 0 fully saturated rings. The second kappa shape index (κ2) is 1.77. The topological polar surface area (TPSA) is 63.3 Å². The van der Waals surface area contributed by atoms with Gasteiger partial charge in [0, 0.05) is 0 Å². The maximum atomic E-state index is 9.75. The number of nitrogens with two attached hydrogens (primary N) is 1. The summed E-state index contributed by atoms with van der Waals surface area (Å²) in [6, 6.07) is -0.764. The van der Waals surface area contributed by atoms with E-state index in [-0.39, 0.29) is 0 Å². The highest BCUT2D eigenvalue weighted by molar-refractivity contribution is 5.72. The molecule has 6 heavy (non-hydrogen) atoms. The van der Waals surface area contributed by atoms with Crippen LogP contribution < -0.4 is 5.73 Å². The Morgan fingerprint density at radius 1 is 2.33 bits per heavy atom. The van der Waals surface area contributed by atoms with Gasteiger partial charge in [-0.3, -0.25) is 4.79 Å². The second-order valence-electron chi connectivity index (χ2n) is 1.06. The number of rotatable bonds is 2. The minimum Gasteiger partial charge on any atom is -0.480 e. The van der Waals surface area contributed by atoms with Gasteiger partial charge in [-0.1, -0.05) is 0 Å². The van der Waals surface area contributed by atoms with E-state index in [1.165, 1.54) is 6.92 Å². The SMILES string of the molecule is [3H]N[C@H](C)C(=O)O. The standard InChI is InChI=1S/C3H7NO2/c1-2(4)3(5)6/h2H,4H2,1H3,(H,5,6)/t2-/m1/s1/i/hT. The maximum absolute atomic E-state index is 9.75. The van der Waals surface area contributed by atoms with Crippen LogP contribution in [0.4, 0.5) is 0 Å². The lowest BCUT2D eigenvalue weighted by Gasteiger charge is -1.90. The zero-order valence-corrected chi connectivity index (χ0v) is 3.43. The van der Waals surface area contributed by atoms with Crippen molar-refractivity contribution < 1.29 is 11.3 Å². The van der Waals surface area contributed by atoms with Gasteiger partial charge in [0.25, 0.3) is 0 Å². The molecule has 3 heteroatoms. The zero-order chi connectivity index (χ0) is 5.86. The van der Waals surface area contributed by atoms with E-state index < -0.39 is 12.0 Å². The Labute approximate surface area is 37.2 Å². The van der Waals surface area contributed by atoms with E-state index in [0.717, 1.165) is 0 Å². The number of hydrogen-bond acceptors (Lipinski definition) is 2. The fraction of sp³-hybridized carbons (Fsp3) is 0.667. The van der Waals surface area contributed by atoms with Crippen LogP contribution in [-0.4, -0.2) is 17.1 Å². The Hall–Kier alpha value is -0.570. The Balaban J connectivity index is 3.34. The lowest BCUT2D eigenvalue weighted by molar-refractivity contribution is -0.138. The molecule has 0 aliphatic carbocycles. The predicted molar refractivity (Wildman–Crippen MR) is 21.3 cm³/mol. The summed E-state index contributed by atoms with van der Waals surface area (Å²) in [6.07, 6.45) is 0. The first-order chi connectivity index (χ1) is 3.18. The van der Waals surface area contributed by atoms with Crippen molar-refractivity contribution >= 4 is 5.97 Å². The fourth-order valence-electron chi connectivity index (χ4n) is 0. The molecule has 3 N–H and O–H groups in total. The van der Waals surface area contributed by atoms with Gasteiger partial charge in [-0.15, -0.1) is 0 Å². The molecule has 0 aromatic heterocycles. The summed E-state index contributed by atoms with van der Waals surface area (Å²) in [6.45, 7) is 1.40. The van der Waals surface area contributed by atoms with E-state index in [1.807, 2.05) is 5.73 Å². The first-order valence-corrected chi connectivity index (χ1v) is 1.58. The number of aliphatic carboxylic acids is 1. The lowest BCUT2D eigenvalue weighted by atomic mass is 10.4. The van der Waals surface area contributed by atoms with Crippen LogP contribution in [-0.2, 0) is 4.79 Å². The number of carbonyl (C=O) groups is 1. The molecule has 0 aromatic rings.